The van der Waals surface area contributed by atoms with E-state index in [9.17, 15) is 4.79 Å². The number of aromatic nitrogens is 2. The van der Waals surface area contributed by atoms with Crippen molar-refractivity contribution in [3.8, 4) is 0 Å². The molecule has 5 nitrogen and oxygen atoms in total. The molecule has 1 unspecified atom stereocenters. The van der Waals surface area contributed by atoms with Crippen molar-refractivity contribution >= 4 is 11.8 Å². The second kappa shape index (κ2) is 3.62. The van der Waals surface area contributed by atoms with E-state index in [4.69, 9.17) is 5.11 Å². The van der Waals surface area contributed by atoms with Crippen LogP contribution in [0.25, 0.3) is 0 Å². The van der Waals surface area contributed by atoms with Crippen molar-refractivity contribution in [1.82, 2.24) is 9.78 Å². The zero-order valence-electron chi connectivity index (χ0n) is 9.00. The van der Waals surface area contributed by atoms with Crippen molar-refractivity contribution in [2.24, 2.45) is 0 Å². The van der Waals surface area contributed by atoms with Crippen molar-refractivity contribution in [3.63, 3.8) is 0 Å². The normalized spacial score (nSPS) is 17.5. The molecule has 3 rings (SSSR count). The van der Waals surface area contributed by atoms with Crippen LogP contribution in [0.5, 0.6) is 0 Å². The van der Waals surface area contributed by atoms with Crippen LogP contribution in [0.4, 0.5) is 5.82 Å². The van der Waals surface area contributed by atoms with E-state index in [0.29, 0.717) is 6.54 Å². The molecule has 1 aromatic heterocycles. The van der Waals surface area contributed by atoms with Crippen LogP contribution in [-0.2, 0) is 6.54 Å². The van der Waals surface area contributed by atoms with E-state index in [0.717, 1.165) is 5.82 Å². The molecule has 2 aromatic rings. The van der Waals surface area contributed by atoms with Gasteiger partial charge in [0.1, 0.15) is 5.82 Å². The van der Waals surface area contributed by atoms with E-state index in [2.05, 4.69) is 10.4 Å². The number of rotatable bonds is 2. The lowest BCUT2D eigenvalue weighted by Gasteiger charge is -2.09. The van der Waals surface area contributed by atoms with Crippen LogP contribution in [0, 0.1) is 0 Å². The van der Waals surface area contributed by atoms with Crippen molar-refractivity contribution in [2.75, 3.05) is 5.32 Å². The maximum Gasteiger partial charge on any atom is 0.356 e. The fourth-order valence-electron chi connectivity index (χ4n) is 2.05. The smallest absolute Gasteiger partial charge is 0.356 e. The number of nitrogens with one attached hydrogen (secondary N) is 1. The van der Waals surface area contributed by atoms with Gasteiger partial charge in [0.25, 0.3) is 0 Å². The van der Waals surface area contributed by atoms with Crippen molar-refractivity contribution in [2.45, 2.75) is 12.6 Å². The third-order valence-electron chi connectivity index (χ3n) is 2.88. The number of fused-ring (bicyclic) bond motifs is 1. The molecular formula is C12H11N3O2. The Labute approximate surface area is 97.7 Å². The predicted octanol–water partition coefficient (Wildman–Crippen LogP) is 1.75. The summed E-state index contributed by atoms with van der Waals surface area (Å²) in [6.45, 7) is 0.659. The molecule has 2 heterocycles. The third kappa shape index (κ3) is 1.65. The van der Waals surface area contributed by atoms with E-state index >= 15 is 0 Å². The first-order valence-electron chi connectivity index (χ1n) is 5.36. The maximum atomic E-state index is 10.8. The Hall–Kier alpha value is -2.30. The lowest BCUT2D eigenvalue weighted by Crippen LogP contribution is -2.08. The molecule has 0 fully saturated rings. The van der Waals surface area contributed by atoms with Gasteiger partial charge in [0.05, 0.1) is 12.6 Å². The molecule has 17 heavy (non-hydrogen) atoms. The Morgan fingerprint density at radius 1 is 1.41 bits per heavy atom. The highest BCUT2D eigenvalue weighted by Gasteiger charge is 2.24. The number of carbonyl (C=O) groups is 1. The van der Waals surface area contributed by atoms with Gasteiger partial charge in [-0.05, 0) is 5.56 Å². The zero-order valence-corrected chi connectivity index (χ0v) is 9.00. The Morgan fingerprint density at radius 3 is 2.82 bits per heavy atom. The standard InChI is InChI=1S/C12H11N3O2/c16-12(17)9-6-11-13-10(7-15(11)14-9)8-4-2-1-3-5-8/h1-6,10,13H,7H2,(H,16,17). The van der Waals surface area contributed by atoms with Crippen LogP contribution >= 0.6 is 0 Å². The van der Waals surface area contributed by atoms with Crippen LogP contribution in [0.15, 0.2) is 36.4 Å². The highest BCUT2D eigenvalue weighted by molar-refractivity contribution is 5.86. The molecule has 1 aliphatic rings. The minimum Gasteiger partial charge on any atom is -0.476 e. The summed E-state index contributed by atoms with van der Waals surface area (Å²) in [5.74, 6) is -0.235. The Bertz CT molecular complexity index is 539. The van der Waals surface area contributed by atoms with Gasteiger partial charge < -0.3 is 10.4 Å². The molecule has 1 atom stereocenters. The second-order valence-electron chi connectivity index (χ2n) is 4.01. The van der Waals surface area contributed by atoms with Gasteiger partial charge in [-0.15, -0.1) is 0 Å². The number of carboxylic acid groups (broad SMARTS) is 1. The van der Waals surface area contributed by atoms with Gasteiger partial charge >= 0.3 is 5.97 Å². The number of benzene rings is 1. The number of hydrogen-bond donors (Lipinski definition) is 2. The average molecular weight is 229 g/mol. The average Bonchev–Trinajstić information content (AvgIpc) is 2.87. The van der Waals surface area contributed by atoms with E-state index in [1.165, 1.54) is 5.56 Å². The molecule has 0 radical (unpaired) electrons. The molecule has 0 saturated carbocycles. The number of nitrogens with zero attached hydrogens (tertiary/aromatic N) is 2. The summed E-state index contributed by atoms with van der Waals surface area (Å²) in [7, 11) is 0. The van der Waals surface area contributed by atoms with Crippen LogP contribution in [0.3, 0.4) is 0 Å². The van der Waals surface area contributed by atoms with Gasteiger partial charge in [0.2, 0.25) is 0 Å². The summed E-state index contributed by atoms with van der Waals surface area (Å²) < 4.78 is 1.70. The Kier molecular flexibility index (Phi) is 2.11. The molecular weight excluding hydrogens is 218 g/mol. The number of carboxylic acids is 1. The summed E-state index contributed by atoms with van der Waals surface area (Å²) >= 11 is 0. The molecule has 0 spiro atoms. The quantitative estimate of drug-likeness (QED) is 0.823. The molecule has 86 valence electrons. The molecule has 0 saturated heterocycles. The molecule has 5 heteroatoms. The third-order valence-corrected chi connectivity index (χ3v) is 2.88. The fourth-order valence-corrected chi connectivity index (χ4v) is 2.05. The summed E-state index contributed by atoms with van der Waals surface area (Å²) in [6.07, 6.45) is 0. The predicted molar refractivity (Wildman–Crippen MR) is 62.0 cm³/mol. The summed E-state index contributed by atoms with van der Waals surface area (Å²) in [4.78, 5) is 10.8. The zero-order chi connectivity index (χ0) is 11.8. The van der Waals surface area contributed by atoms with Crippen LogP contribution in [0.2, 0.25) is 0 Å². The van der Waals surface area contributed by atoms with Gasteiger partial charge in [0, 0.05) is 6.07 Å². The molecule has 0 aliphatic carbocycles. The van der Waals surface area contributed by atoms with Gasteiger partial charge in [-0.1, -0.05) is 30.3 Å². The summed E-state index contributed by atoms with van der Waals surface area (Å²) in [5, 5.41) is 16.1. The molecule has 0 bridgehead atoms. The minimum absolute atomic E-state index is 0.0824. The van der Waals surface area contributed by atoms with E-state index in [1.54, 1.807) is 10.7 Å². The second-order valence-corrected chi connectivity index (χ2v) is 4.01. The Balaban J connectivity index is 1.85. The van der Waals surface area contributed by atoms with Crippen LogP contribution in [-0.4, -0.2) is 20.9 Å². The summed E-state index contributed by atoms with van der Waals surface area (Å²) in [5.41, 5.74) is 1.26. The number of hydrogen-bond acceptors (Lipinski definition) is 3. The van der Waals surface area contributed by atoms with Crippen molar-refractivity contribution in [3.05, 3.63) is 47.7 Å². The van der Waals surface area contributed by atoms with Crippen LogP contribution < -0.4 is 5.32 Å². The molecule has 1 aromatic carbocycles. The first-order valence-corrected chi connectivity index (χ1v) is 5.36. The van der Waals surface area contributed by atoms with Crippen LogP contribution in [0.1, 0.15) is 22.1 Å². The molecule has 0 amide bonds. The van der Waals surface area contributed by atoms with E-state index in [-0.39, 0.29) is 11.7 Å². The molecule has 1 aliphatic heterocycles. The van der Waals surface area contributed by atoms with Crippen molar-refractivity contribution < 1.29 is 9.90 Å². The van der Waals surface area contributed by atoms with Gasteiger partial charge in [-0.25, -0.2) is 9.48 Å². The van der Waals surface area contributed by atoms with Gasteiger partial charge in [0.15, 0.2) is 5.69 Å². The van der Waals surface area contributed by atoms with E-state index in [1.807, 2.05) is 30.3 Å². The molecule has 2 N–H and O–H groups in total. The highest BCUT2D eigenvalue weighted by atomic mass is 16.4. The Morgan fingerprint density at radius 2 is 2.18 bits per heavy atom. The lowest BCUT2D eigenvalue weighted by atomic mass is 10.1. The SMILES string of the molecule is O=C(O)c1cc2n(n1)CC(c1ccccc1)N2. The maximum absolute atomic E-state index is 10.8. The topological polar surface area (TPSA) is 67.1 Å². The minimum atomic E-state index is -0.995. The van der Waals surface area contributed by atoms with Gasteiger partial charge in [-0.3, -0.25) is 0 Å². The summed E-state index contributed by atoms with van der Waals surface area (Å²) in [6, 6.07) is 11.8. The number of anilines is 1. The first kappa shape index (κ1) is 9.89. The lowest BCUT2D eigenvalue weighted by molar-refractivity contribution is 0.0689. The van der Waals surface area contributed by atoms with Crippen molar-refractivity contribution in [1.29, 1.82) is 0 Å². The van der Waals surface area contributed by atoms with Gasteiger partial charge in [-0.2, -0.15) is 5.10 Å². The number of aromatic carboxylic acids is 1. The highest BCUT2D eigenvalue weighted by Crippen LogP contribution is 2.28. The first-order chi connectivity index (χ1) is 8.24. The monoisotopic (exact) mass is 229 g/mol. The fraction of sp³-hybridized carbons (Fsp3) is 0.167. The largest absolute Gasteiger partial charge is 0.476 e. The van der Waals surface area contributed by atoms with E-state index < -0.39 is 5.97 Å².